The molecule has 1 unspecified atom stereocenters. The van der Waals surface area contributed by atoms with Crippen LogP contribution in [0.15, 0.2) is 9.59 Å². The number of aromatic nitrogens is 2. The molecule has 6 nitrogen and oxygen atoms in total. The second-order valence-corrected chi connectivity index (χ2v) is 6.45. The number of unbranched alkanes of at least 4 members (excludes halogenated alkanes) is 1. The van der Waals surface area contributed by atoms with Gasteiger partial charge in [-0.2, -0.15) is 11.8 Å². The van der Waals surface area contributed by atoms with Crippen molar-refractivity contribution in [3.63, 3.8) is 0 Å². The van der Waals surface area contributed by atoms with Gasteiger partial charge in [-0.15, -0.1) is 0 Å². The third-order valence-corrected chi connectivity index (χ3v) is 4.61. The normalized spacial score (nSPS) is 12.4. The molecule has 120 valence electrons. The van der Waals surface area contributed by atoms with E-state index in [0.29, 0.717) is 24.0 Å². The maximum absolute atomic E-state index is 12.2. The number of nitrogens with zero attached hydrogens (tertiary/aromatic N) is 2. The van der Waals surface area contributed by atoms with Gasteiger partial charge in [-0.05, 0) is 19.1 Å². The minimum atomic E-state index is -0.359. The highest BCUT2D eigenvalue weighted by Gasteiger charge is 2.14. The summed E-state index contributed by atoms with van der Waals surface area (Å²) in [6.45, 7) is 5.38. The van der Waals surface area contributed by atoms with Gasteiger partial charge in [0.15, 0.2) is 0 Å². The molecule has 3 N–H and O–H groups in total. The van der Waals surface area contributed by atoms with E-state index >= 15 is 0 Å². The summed E-state index contributed by atoms with van der Waals surface area (Å²) in [6, 6.07) is 0. The highest BCUT2D eigenvalue weighted by Crippen LogP contribution is 2.14. The zero-order valence-electron chi connectivity index (χ0n) is 13.3. The average Bonchev–Trinajstić information content (AvgIpc) is 2.48. The van der Waals surface area contributed by atoms with Gasteiger partial charge in [0.1, 0.15) is 11.5 Å². The van der Waals surface area contributed by atoms with Gasteiger partial charge in [-0.1, -0.05) is 20.3 Å². The van der Waals surface area contributed by atoms with Crippen molar-refractivity contribution in [1.82, 2.24) is 9.13 Å². The summed E-state index contributed by atoms with van der Waals surface area (Å²) in [5, 5.41) is 3.61. The molecule has 21 heavy (non-hydrogen) atoms. The zero-order chi connectivity index (χ0) is 16.0. The molecule has 0 bridgehead atoms. The van der Waals surface area contributed by atoms with Crippen LogP contribution in [0.2, 0.25) is 0 Å². The Morgan fingerprint density at radius 1 is 1.38 bits per heavy atom. The number of nitrogen functional groups attached to an aromatic ring is 1. The van der Waals surface area contributed by atoms with Crippen molar-refractivity contribution in [2.45, 2.75) is 44.9 Å². The fourth-order valence-corrected chi connectivity index (χ4v) is 2.35. The van der Waals surface area contributed by atoms with Crippen molar-refractivity contribution in [1.29, 1.82) is 0 Å². The van der Waals surface area contributed by atoms with E-state index in [1.165, 1.54) is 11.6 Å². The maximum atomic E-state index is 12.2. The predicted octanol–water partition coefficient (Wildman–Crippen LogP) is 1.48. The van der Waals surface area contributed by atoms with E-state index in [9.17, 15) is 9.59 Å². The second kappa shape index (κ2) is 8.17. The number of hydrogen-bond acceptors (Lipinski definition) is 5. The molecule has 1 aromatic heterocycles. The second-order valence-electron chi connectivity index (χ2n) is 5.17. The van der Waals surface area contributed by atoms with Crippen molar-refractivity contribution in [3.8, 4) is 0 Å². The Kier molecular flexibility index (Phi) is 6.87. The lowest BCUT2D eigenvalue weighted by Crippen LogP contribution is -2.41. The molecule has 1 heterocycles. The lowest BCUT2D eigenvalue weighted by atomic mass is 10.3. The Morgan fingerprint density at radius 3 is 2.62 bits per heavy atom. The van der Waals surface area contributed by atoms with Gasteiger partial charge in [0.05, 0.1) is 0 Å². The molecule has 7 heteroatoms. The number of rotatable bonds is 8. The fraction of sp³-hybridized carbons (Fsp3) is 0.714. The van der Waals surface area contributed by atoms with Crippen molar-refractivity contribution >= 4 is 23.3 Å². The Labute approximate surface area is 129 Å². The van der Waals surface area contributed by atoms with Crippen LogP contribution >= 0.6 is 11.8 Å². The first-order valence-electron chi connectivity index (χ1n) is 7.30. The van der Waals surface area contributed by atoms with Gasteiger partial charge in [0.25, 0.3) is 5.56 Å². The molecule has 0 fully saturated rings. The summed E-state index contributed by atoms with van der Waals surface area (Å²) < 4.78 is 2.59. The summed E-state index contributed by atoms with van der Waals surface area (Å²) in [5.41, 5.74) is 5.65. The van der Waals surface area contributed by atoms with Gasteiger partial charge < -0.3 is 11.1 Å². The van der Waals surface area contributed by atoms with Crippen LogP contribution < -0.4 is 22.3 Å². The monoisotopic (exact) mass is 314 g/mol. The van der Waals surface area contributed by atoms with Crippen LogP contribution in [0.5, 0.6) is 0 Å². The van der Waals surface area contributed by atoms with E-state index in [4.69, 9.17) is 5.73 Å². The quantitative estimate of drug-likeness (QED) is 0.759. The van der Waals surface area contributed by atoms with E-state index in [1.54, 1.807) is 11.8 Å². The molecule has 1 rings (SSSR count). The van der Waals surface area contributed by atoms with Crippen LogP contribution in [0.4, 0.5) is 11.5 Å². The third kappa shape index (κ3) is 4.30. The molecule has 0 aliphatic rings. The smallest absolute Gasteiger partial charge is 0.332 e. The summed E-state index contributed by atoms with van der Waals surface area (Å²) in [4.78, 5) is 24.3. The maximum Gasteiger partial charge on any atom is 0.332 e. The number of nitrogens with two attached hydrogens (primary N) is 1. The van der Waals surface area contributed by atoms with Gasteiger partial charge >= 0.3 is 5.69 Å². The standard InChI is InChI=1S/C14H26N4O2S/c1-5-6-9-18-12(15)11(13(19)17(3)14(18)20)16-8-7-10(2)21-4/h10,16H,5-9,15H2,1-4H3. The van der Waals surface area contributed by atoms with Crippen molar-refractivity contribution in [3.05, 3.63) is 20.8 Å². The SMILES string of the molecule is CCCCn1c(N)c(NCCC(C)SC)c(=O)n(C)c1=O. The molecule has 0 aromatic carbocycles. The Bertz CT molecular complexity index is 580. The van der Waals surface area contributed by atoms with Crippen LogP contribution in [0.1, 0.15) is 33.1 Å². The molecule has 0 aliphatic carbocycles. The number of hydrogen-bond donors (Lipinski definition) is 2. The molecule has 0 saturated heterocycles. The lowest BCUT2D eigenvalue weighted by Gasteiger charge is -2.16. The van der Waals surface area contributed by atoms with E-state index in [1.807, 2.05) is 6.92 Å². The highest BCUT2D eigenvalue weighted by atomic mass is 32.2. The van der Waals surface area contributed by atoms with E-state index in [0.717, 1.165) is 23.8 Å². The van der Waals surface area contributed by atoms with E-state index < -0.39 is 0 Å². The van der Waals surface area contributed by atoms with Crippen LogP contribution in [0.25, 0.3) is 0 Å². The molecule has 0 spiro atoms. The van der Waals surface area contributed by atoms with Crippen molar-refractivity contribution in [2.24, 2.45) is 7.05 Å². The largest absolute Gasteiger partial charge is 0.383 e. The minimum Gasteiger partial charge on any atom is -0.383 e. The first-order valence-corrected chi connectivity index (χ1v) is 8.58. The predicted molar refractivity (Wildman–Crippen MR) is 91.3 cm³/mol. The summed E-state index contributed by atoms with van der Waals surface area (Å²) >= 11 is 1.78. The summed E-state index contributed by atoms with van der Waals surface area (Å²) in [7, 11) is 1.49. The molecule has 0 saturated carbocycles. The van der Waals surface area contributed by atoms with Gasteiger partial charge in [-0.3, -0.25) is 13.9 Å². The summed E-state index contributed by atoms with van der Waals surface area (Å²) in [5.74, 6) is 0.244. The number of anilines is 2. The molecular formula is C14H26N4O2S. The Morgan fingerprint density at radius 2 is 2.05 bits per heavy atom. The minimum absolute atomic E-state index is 0.244. The third-order valence-electron chi connectivity index (χ3n) is 3.57. The lowest BCUT2D eigenvalue weighted by molar-refractivity contribution is 0.575. The van der Waals surface area contributed by atoms with Crippen LogP contribution in [0.3, 0.4) is 0 Å². The Hall–Kier alpha value is -1.37. The Balaban J connectivity index is 3.05. The highest BCUT2D eigenvalue weighted by molar-refractivity contribution is 7.99. The van der Waals surface area contributed by atoms with Crippen LogP contribution in [0, 0.1) is 0 Å². The summed E-state index contributed by atoms with van der Waals surface area (Å²) in [6.07, 6.45) is 4.80. The van der Waals surface area contributed by atoms with Gasteiger partial charge in [-0.25, -0.2) is 4.79 Å². The van der Waals surface area contributed by atoms with E-state index in [2.05, 4.69) is 18.5 Å². The molecule has 0 aliphatic heterocycles. The molecular weight excluding hydrogens is 288 g/mol. The first kappa shape index (κ1) is 17.7. The van der Waals surface area contributed by atoms with Crippen LogP contribution in [-0.4, -0.2) is 27.2 Å². The van der Waals surface area contributed by atoms with Gasteiger partial charge in [0.2, 0.25) is 0 Å². The zero-order valence-corrected chi connectivity index (χ0v) is 14.1. The number of nitrogens with one attached hydrogen (secondary N) is 1. The van der Waals surface area contributed by atoms with Gasteiger partial charge in [0, 0.05) is 25.4 Å². The molecule has 0 amide bonds. The number of thioether (sulfide) groups is 1. The first-order chi connectivity index (χ1) is 9.93. The van der Waals surface area contributed by atoms with Crippen LogP contribution in [-0.2, 0) is 13.6 Å². The topological polar surface area (TPSA) is 82.0 Å². The molecule has 1 aromatic rings. The van der Waals surface area contributed by atoms with E-state index in [-0.39, 0.29) is 17.1 Å². The van der Waals surface area contributed by atoms with Crippen molar-refractivity contribution in [2.75, 3.05) is 23.9 Å². The fourth-order valence-electron chi connectivity index (χ4n) is 2.00. The van der Waals surface area contributed by atoms with Crippen molar-refractivity contribution < 1.29 is 0 Å². The molecule has 1 atom stereocenters. The molecule has 0 radical (unpaired) electrons. The average molecular weight is 314 g/mol.